The normalized spacial score (nSPS) is 24.6. The van der Waals surface area contributed by atoms with Crippen LogP contribution in [0.4, 0.5) is 0 Å². The van der Waals surface area contributed by atoms with Gasteiger partial charge >= 0.3 is 0 Å². The summed E-state index contributed by atoms with van der Waals surface area (Å²) in [6.45, 7) is 10.9. The zero-order valence-electron chi connectivity index (χ0n) is 12.8. The molecule has 1 aromatic carbocycles. The molecule has 1 saturated heterocycles. The van der Waals surface area contributed by atoms with Crippen molar-refractivity contribution in [3.8, 4) is 0 Å². The summed E-state index contributed by atoms with van der Waals surface area (Å²) in [5, 5.41) is 0.776. The minimum atomic E-state index is -0.134. The van der Waals surface area contributed by atoms with Crippen molar-refractivity contribution < 1.29 is 4.74 Å². The van der Waals surface area contributed by atoms with E-state index in [-0.39, 0.29) is 17.7 Å². The van der Waals surface area contributed by atoms with Gasteiger partial charge in [0.05, 0.1) is 11.7 Å². The largest absolute Gasteiger partial charge is 0.370 e. The minimum absolute atomic E-state index is 0.134. The van der Waals surface area contributed by atoms with Gasteiger partial charge in [0.2, 0.25) is 0 Å². The number of ether oxygens (including phenoxy) is 1. The Morgan fingerprint density at radius 1 is 1.50 bits per heavy atom. The molecule has 2 unspecified atom stereocenters. The number of morpholine rings is 1. The first-order valence-electron chi connectivity index (χ1n) is 7.20. The van der Waals surface area contributed by atoms with E-state index in [1.54, 1.807) is 0 Å². The third kappa shape index (κ3) is 3.53. The lowest BCUT2D eigenvalue weighted by Crippen LogP contribution is -2.54. The van der Waals surface area contributed by atoms with Crippen LogP contribution < -0.4 is 5.73 Å². The average molecular weight is 297 g/mol. The molecule has 0 saturated carbocycles. The van der Waals surface area contributed by atoms with Crippen molar-refractivity contribution in [2.75, 3.05) is 19.6 Å². The number of nitrogens with two attached hydrogens (primary N) is 1. The Hall–Kier alpha value is -0.610. The Morgan fingerprint density at radius 3 is 2.75 bits per heavy atom. The lowest BCUT2D eigenvalue weighted by molar-refractivity contribution is -0.137. The Bertz CT molecular complexity index is 476. The van der Waals surface area contributed by atoms with Gasteiger partial charge < -0.3 is 10.5 Å². The van der Waals surface area contributed by atoms with E-state index in [9.17, 15) is 0 Å². The molecule has 0 aliphatic carbocycles. The number of rotatable bonds is 3. The molecular weight excluding hydrogens is 272 g/mol. The molecule has 1 heterocycles. The second kappa shape index (κ2) is 6.02. The van der Waals surface area contributed by atoms with E-state index >= 15 is 0 Å². The first-order valence-corrected chi connectivity index (χ1v) is 7.58. The van der Waals surface area contributed by atoms with E-state index in [4.69, 9.17) is 22.1 Å². The van der Waals surface area contributed by atoms with Crippen molar-refractivity contribution in [3.63, 3.8) is 0 Å². The van der Waals surface area contributed by atoms with Crippen LogP contribution in [-0.2, 0) is 4.74 Å². The summed E-state index contributed by atoms with van der Waals surface area (Å²) < 4.78 is 5.98. The van der Waals surface area contributed by atoms with Crippen LogP contribution in [0.3, 0.4) is 0 Å². The van der Waals surface area contributed by atoms with Gasteiger partial charge in [-0.05, 0) is 51.0 Å². The zero-order chi connectivity index (χ0) is 14.9. The topological polar surface area (TPSA) is 38.5 Å². The minimum Gasteiger partial charge on any atom is -0.370 e. The maximum Gasteiger partial charge on any atom is 0.0757 e. The summed E-state index contributed by atoms with van der Waals surface area (Å²) in [5.74, 6) is 0. The summed E-state index contributed by atoms with van der Waals surface area (Å²) in [6, 6.07) is 6.27. The van der Waals surface area contributed by atoms with Crippen LogP contribution in [0.5, 0.6) is 0 Å². The molecule has 1 fully saturated rings. The standard InChI is InChI=1S/C16H25ClN2O/c1-11-7-13(17)5-6-14(11)15(8-18)19-9-12(2)20-16(3,4)10-19/h5-7,12,15H,8-10,18H2,1-4H3. The van der Waals surface area contributed by atoms with E-state index in [0.717, 1.165) is 18.1 Å². The second-order valence-electron chi connectivity index (χ2n) is 6.37. The molecule has 0 spiro atoms. The van der Waals surface area contributed by atoms with Crippen molar-refractivity contribution in [1.82, 2.24) is 4.90 Å². The van der Waals surface area contributed by atoms with Crippen molar-refractivity contribution in [3.05, 3.63) is 34.3 Å². The Kier molecular flexibility index (Phi) is 4.75. The molecule has 0 radical (unpaired) electrons. The first-order chi connectivity index (χ1) is 9.32. The summed E-state index contributed by atoms with van der Waals surface area (Å²) in [5.41, 5.74) is 8.39. The molecule has 1 aliphatic rings. The Morgan fingerprint density at radius 2 is 2.20 bits per heavy atom. The number of hydrogen-bond donors (Lipinski definition) is 1. The number of benzene rings is 1. The molecule has 3 nitrogen and oxygen atoms in total. The highest BCUT2D eigenvalue weighted by Gasteiger charge is 2.35. The lowest BCUT2D eigenvalue weighted by Gasteiger charge is -2.45. The SMILES string of the molecule is Cc1cc(Cl)ccc1C(CN)N1CC(C)OC(C)(C)C1. The lowest BCUT2D eigenvalue weighted by atomic mass is 9.96. The fraction of sp³-hybridized carbons (Fsp3) is 0.625. The van der Waals surface area contributed by atoms with Gasteiger partial charge in [0.1, 0.15) is 0 Å². The molecular formula is C16H25ClN2O. The van der Waals surface area contributed by atoms with Crippen LogP contribution >= 0.6 is 11.6 Å². The van der Waals surface area contributed by atoms with Crippen LogP contribution in [-0.4, -0.2) is 36.2 Å². The fourth-order valence-corrected chi connectivity index (χ4v) is 3.45. The predicted molar refractivity (Wildman–Crippen MR) is 84.2 cm³/mol. The second-order valence-corrected chi connectivity index (χ2v) is 6.81. The van der Waals surface area contributed by atoms with Crippen LogP contribution in [0.15, 0.2) is 18.2 Å². The maximum absolute atomic E-state index is 6.06. The highest BCUT2D eigenvalue weighted by Crippen LogP contribution is 2.30. The van der Waals surface area contributed by atoms with Gasteiger partial charge in [-0.1, -0.05) is 17.7 Å². The van der Waals surface area contributed by atoms with Crippen molar-refractivity contribution in [2.24, 2.45) is 5.73 Å². The van der Waals surface area contributed by atoms with Gasteiger partial charge in [-0.3, -0.25) is 4.90 Å². The van der Waals surface area contributed by atoms with Gasteiger partial charge in [0.15, 0.2) is 0 Å². The van der Waals surface area contributed by atoms with Gasteiger partial charge in [-0.25, -0.2) is 0 Å². The summed E-state index contributed by atoms with van der Waals surface area (Å²) in [4.78, 5) is 2.43. The summed E-state index contributed by atoms with van der Waals surface area (Å²) in [6.07, 6.45) is 0.223. The third-order valence-corrected chi connectivity index (χ3v) is 4.09. The molecule has 0 amide bonds. The van der Waals surface area contributed by atoms with Crippen molar-refractivity contribution in [1.29, 1.82) is 0 Å². The van der Waals surface area contributed by atoms with E-state index in [2.05, 4.69) is 38.7 Å². The van der Waals surface area contributed by atoms with Crippen LogP contribution in [0, 0.1) is 6.92 Å². The number of aryl methyl sites for hydroxylation is 1. The third-order valence-electron chi connectivity index (χ3n) is 3.85. The smallest absolute Gasteiger partial charge is 0.0757 e. The number of hydrogen-bond acceptors (Lipinski definition) is 3. The van der Waals surface area contributed by atoms with Gasteiger partial charge in [0.25, 0.3) is 0 Å². The molecule has 0 aromatic heterocycles. The van der Waals surface area contributed by atoms with E-state index in [1.807, 2.05) is 12.1 Å². The quantitative estimate of drug-likeness (QED) is 0.931. The molecule has 2 atom stereocenters. The van der Waals surface area contributed by atoms with E-state index in [1.165, 1.54) is 11.1 Å². The summed E-state index contributed by atoms with van der Waals surface area (Å²) in [7, 11) is 0. The molecule has 2 N–H and O–H groups in total. The zero-order valence-corrected chi connectivity index (χ0v) is 13.6. The Labute approximate surface area is 127 Å². The molecule has 112 valence electrons. The summed E-state index contributed by atoms with van der Waals surface area (Å²) >= 11 is 6.05. The molecule has 1 aliphatic heterocycles. The maximum atomic E-state index is 6.06. The number of nitrogens with zero attached hydrogens (tertiary/aromatic N) is 1. The highest BCUT2D eigenvalue weighted by molar-refractivity contribution is 6.30. The van der Waals surface area contributed by atoms with Crippen LogP contribution in [0.1, 0.15) is 37.9 Å². The van der Waals surface area contributed by atoms with E-state index < -0.39 is 0 Å². The molecule has 0 bridgehead atoms. The average Bonchev–Trinajstić information content (AvgIpc) is 2.30. The van der Waals surface area contributed by atoms with Gasteiger partial charge in [-0.2, -0.15) is 0 Å². The number of halogens is 1. The van der Waals surface area contributed by atoms with Crippen molar-refractivity contribution >= 4 is 11.6 Å². The Balaban J connectivity index is 2.27. The molecule has 20 heavy (non-hydrogen) atoms. The van der Waals surface area contributed by atoms with Gasteiger partial charge in [0, 0.05) is 30.7 Å². The molecule has 4 heteroatoms. The van der Waals surface area contributed by atoms with Crippen molar-refractivity contribution in [2.45, 2.75) is 45.4 Å². The monoisotopic (exact) mass is 296 g/mol. The fourth-order valence-electron chi connectivity index (χ4n) is 3.23. The molecule has 1 aromatic rings. The van der Waals surface area contributed by atoms with Gasteiger partial charge in [-0.15, -0.1) is 0 Å². The predicted octanol–water partition coefficient (Wildman–Crippen LogP) is 3.15. The molecule has 2 rings (SSSR count). The highest BCUT2D eigenvalue weighted by atomic mass is 35.5. The first kappa shape index (κ1) is 15.8. The van der Waals surface area contributed by atoms with E-state index in [0.29, 0.717) is 6.54 Å². The van der Waals surface area contributed by atoms with Crippen LogP contribution in [0.2, 0.25) is 5.02 Å². The van der Waals surface area contributed by atoms with Crippen LogP contribution in [0.25, 0.3) is 0 Å².